The lowest BCUT2D eigenvalue weighted by Gasteiger charge is -2.46. The highest BCUT2D eigenvalue weighted by atomic mass is 16.6. The SMILES string of the molecule is C=C(C)C(=O)C1(C)CN(C(=O)OC(C)(C)C)C1. The van der Waals surface area contributed by atoms with Gasteiger partial charge in [0, 0.05) is 13.1 Å². The number of rotatable bonds is 2. The second-order valence-electron chi connectivity index (χ2n) is 6.01. The van der Waals surface area contributed by atoms with Gasteiger partial charge >= 0.3 is 6.09 Å². The Morgan fingerprint density at radius 2 is 1.76 bits per heavy atom. The summed E-state index contributed by atoms with van der Waals surface area (Å²) in [4.78, 5) is 25.1. The Morgan fingerprint density at radius 3 is 2.12 bits per heavy atom. The Hall–Kier alpha value is -1.32. The third-order valence-corrected chi connectivity index (χ3v) is 2.67. The van der Waals surface area contributed by atoms with Gasteiger partial charge in [0.05, 0.1) is 5.41 Å². The van der Waals surface area contributed by atoms with Gasteiger partial charge in [-0.1, -0.05) is 6.58 Å². The first-order chi connectivity index (χ1) is 7.55. The van der Waals surface area contributed by atoms with Gasteiger partial charge in [-0.3, -0.25) is 4.79 Å². The maximum Gasteiger partial charge on any atom is 0.410 e. The highest BCUT2D eigenvalue weighted by molar-refractivity contribution is 6.00. The molecule has 1 saturated heterocycles. The maximum absolute atomic E-state index is 11.8. The number of allylic oxidation sites excluding steroid dienone is 1. The van der Waals surface area contributed by atoms with Crippen LogP contribution in [0, 0.1) is 5.41 Å². The van der Waals surface area contributed by atoms with Crippen LogP contribution in [0.5, 0.6) is 0 Å². The number of amides is 1. The number of likely N-dealkylation sites (tertiary alicyclic amines) is 1. The van der Waals surface area contributed by atoms with Crippen LogP contribution in [0.1, 0.15) is 34.6 Å². The zero-order valence-electron chi connectivity index (χ0n) is 11.3. The fourth-order valence-electron chi connectivity index (χ4n) is 1.91. The van der Waals surface area contributed by atoms with Crippen LogP contribution in [0.25, 0.3) is 0 Å². The lowest BCUT2D eigenvalue weighted by Crippen LogP contribution is -2.61. The average molecular weight is 239 g/mol. The molecule has 0 aromatic heterocycles. The molecule has 17 heavy (non-hydrogen) atoms. The van der Waals surface area contributed by atoms with E-state index >= 15 is 0 Å². The standard InChI is InChI=1S/C13H21NO3/c1-9(2)10(15)13(6)7-14(8-13)11(16)17-12(3,4)5/h1,7-8H2,2-6H3. The Kier molecular flexibility index (Phi) is 3.37. The molecule has 0 aromatic rings. The van der Waals surface area contributed by atoms with E-state index in [0.717, 1.165) is 0 Å². The molecule has 1 amide bonds. The second kappa shape index (κ2) is 4.17. The first-order valence-corrected chi connectivity index (χ1v) is 5.73. The van der Waals surface area contributed by atoms with Gasteiger partial charge in [-0.15, -0.1) is 0 Å². The van der Waals surface area contributed by atoms with Crippen molar-refractivity contribution in [1.82, 2.24) is 4.90 Å². The molecule has 4 heteroatoms. The minimum Gasteiger partial charge on any atom is -0.444 e. The lowest BCUT2D eigenvalue weighted by molar-refractivity contribution is -0.132. The van der Waals surface area contributed by atoms with Crippen LogP contribution < -0.4 is 0 Å². The van der Waals surface area contributed by atoms with E-state index in [1.165, 1.54) is 0 Å². The van der Waals surface area contributed by atoms with Crippen molar-refractivity contribution in [3.8, 4) is 0 Å². The third-order valence-electron chi connectivity index (χ3n) is 2.67. The van der Waals surface area contributed by atoms with Gasteiger partial charge in [0.1, 0.15) is 5.60 Å². The molecule has 0 bridgehead atoms. The predicted molar refractivity (Wildman–Crippen MR) is 65.7 cm³/mol. The average Bonchev–Trinajstić information content (AvgIpc) is 2.08. The van der Waals surface area contributed by atoms with E-state index in [1.807, 2.05) is 27.7 Å². The Bertz CT molecular complexity index is 359. The largest absolute Gasteiger partial charge is 0.444 e. The van der Waals surface area contributed by atoms with Crippen LogP contribution in [0.2, 0.25) is 0 Å². The maximum atomic E-state index is 11.8. The van der Waals surface area contributed by atoms with Crippen LogP contribution in [-0.2, 0) is 9.53 Å². The minimum absolute atomic E-state index is 0.0253. The number of ether oxygens (including phenoxy) is 1. The fraction of sp³-hybridized carbons (Fsp3) is 0.692. The van der Waals surface area contributed by atoms with Crippen molar-refractivity contribution < 1.29 is 14.3 Å². The Morgan fingerprint density at radius 1 is 1.29 bits per heavy atom. The summed E-state index contributed by atoms with van der Waals surface area (Å²) in [6.07, 6.45) is -0.357. The number of carbonyl (C=O) groups excluding carboxylic acids is 2. The normalized spacial score (nSPS) is 18.3. The van der Waals surface area contributed by atoms with Gasteiger partial charge < -0.3 is 9.64 Å². The van der Waals surface area contributed by atoms with E-state index in [9.17, 15) is 9.59 Å². The summed E-state index contributed by atoms with van der Waals surface area (Å²) < 4.78 is 5.23. The van der Waals surface area contributed by atoms with Crippen LogP contribution in [0.3, 0.4) is 0 Å². The van der Waals surface area contributed by atoms with Crippen molar-refractivity contribution in [1.29, 1.82) is 0 Å². The molecule has 0 N–H and O–H groups in total. The molecule has 0 aliphatic carbocycles. The molecular weight excluding hydrogens is 218 g/mol. The number of hydrogen-bond acceptors (Lipinski definition) is 3. The monoisotopic (exact) mass is 239 g/mol. The van der Waals surface area contributed by atoms with E-state index in [-0.39, 0.29) is 11.9 Å². The van der Waals surface area contributed by atoms with Crippen LogP contribution in [0.15, 0.2) is 12.2 Å². The molecule has 1 aliphatic heterocycles. The third kappa shape index (κ3) is 3.08. The second-order valence-corrected chi connectivity index (χ2v) is 6.01. The summed E-state index contributed by atoms with van der Waals surface area (Å²) >= 11 is 0. The summed E-state index contributed by atoms with van der Waals surface area (Å²) in [6, 6.07) is 0. The first-order valence-electron chi connectivity index (χ1n) is 5.73. The summed E-state index contributed by atoms with van der Waals surface area (Å²) in [7, 11) is 0. The summed E-state index contributed by atoms with van der Waals surface area (Å²) in [5, 5.41) is 0. The summed E-state index contributed by atoms with van der Waals surface area (Å²) in [5.41, 5.74) is -0.444. The number of nitrogens with zero attached hydrogens (tertiary/aromatic N) is 1. The van der Waals surface area contributed by atoms with Crippen molar-refractivity contribution in [2.75, 3.05) is 13.1 Å². The predicted octanol–water partition coefficient (Wildman–Crippen LogP) is 2.39. The van der Waals surface area contributed by atoms with Gasteiger partial charge in [0.2, 0.25) is 0 Å². The molecule has 96 valence electrons. The number of carbonyl (C=O) groups is 2. The van der Waals surface area contributed by atoms with Gasteiger partial charge in [-0.05, 0) is 40.2 Å². The molecule has 4 nitrogen and oxygen atoms in total. The van der Waals surface area contributed by atoms with Crippen LogP contribution >= 0.6 is 0 Å². The highest BCUT2D eigenvalue weighted by Crippen LogP contribution is 2.33. The number of ketones is 1. The first kappa shape index (κ1) is 13.7. The Labute approximate surface area is 103 Å². The molecule has 0 radical (unpaired) electrons. The van der Waals surface area contributed by atoms with Crippen molar-refractivity contribution in [2.24, 2.45) is 5.41 Å². The van der Waals surface area contributed by atoms with Gasteiger partial charge in [-0.25, -0.2) is 4.79 Å². The minimum atomic E-state index is -0.499. The molecule has 1 rings (SSSR count). The zero-order valence-corrected chi connectivity index (χ0v) is 11.3. The molecule has 0 atom stereocenters. The highest BCUT2D eigenvalue weighted by Gasteiger charge is 2.47. The Balaban J connectivity index is 2.54. The lowest BCUT2D eigenvalue weighted by atomic mass is 9.76. The smallest absolute Gasteiger partial charge is 0.410 e. The van der Waals surface area contributed by atoms with Crippen molar-refractivity contribution in [2.45, 2.75) is 40.2 Å². The molecule has 0 unspecified atom stereocenters. The van der Waals surface area contributed by atoms with Crippen molar-refractivity contribution in [3.63, 3.8) is 0 Å². The summed E-state index contributed by atoms with van der Waals surface area (Å²) in [6.45, 7) is 13.5. The summed E-state index contributed by atoms with van der Waals surface area (Å²) in [5.74, 6) is 0.0253. The van der Waals surface area contributed by atoms with Gasteiger partial charge in [0.15, 0.2) is 5.78 Å². The van der Waals surface area contributed by atoms with Crippen molar-refractivity contribution in [3.05, 3.63) is 12.2 Å². The van der Waals surface area contributed by atoms with Gasteiger partial charge in [-0.2, -0.15) is 0 Å². The molecule has 0 aromatic carbocycles. The molecule has 1 heterocycles. The molecule has 1 fully saturated rings. The van der Waals surface area contributed by atoms with E-state index < -0.39 is 11.0 Å². The number of hydrogen-bond donors (Lipinski definition) is 0. The zero-order chi connectivity index (χ0) is 13.4. The molecule has 0 saturated carbocycles. The van der Waals surface area contributed by atoms with E-state index in [0.29, 0.717) is 18.7 Å². The van der Waals surface area contributed by atoms with Gasteiger partial charge in [0.25, 0.3) is 0 Å². The molecular formula is C13H21NO3. The topological polar surface area (TPSA) is 46.6 Å². The van der Waals surface area contributed by atoms with E-state index in [2.05, 4.69) is 6.58 Å². The van der Waals surface area contributed by atoms with E-state index in [1.54, 1.807) is 11.8 Å². The van der Waals surface area contributed by atoms with E-state index in [4.69, 9.17) is 4.74 Å². The van der Waals surface area contributed by atoms with Crippen LogP contribution in [0.4, 0.5) is 4.79 Å². The van der Waals surface area contributed by atoms with Crippen LogP contribution in [-0.4, -0.2) is 35.5 Å². The molecule has 0 spiro atoms. The fourth-order valence-corrected chi connectivity index (χ4v) is 1.91. The quantitative estimate of drug-likeness (QED) is 0.695. The molecule has 1 aliphatic rings. The van der Waals surface area contributed by atoms with Crippen molar-refractivity contribution >= 4 is 11.9 Å². The number of Topliss-reactive ketones (excluding diaryl/α,β-unsaturated/α-hetero) is 1.